The first-order valence-corrected chi connectivity index (χ1v) is 6.95. The van der Waals surface area contributed by atoms with E-state index < -0.39 is 0 Å². The van der Waals surface area contributed by atoms with E-state index in [1.54, 1.807) is 6.26 Å². The predicted molar refractivity (Wildman–Crippen MR) is 79.0 cm³/mol. The van der Waals surface area contributed by atoms with E-state index in [4.69, 9.17) is 4.52 Å². The van der Waals surface area contributed by atoms with Crippen LogP contribution in [-0.4, -0.2) is 10.1 Å². The maximum atomic E-state index is 5.17. The zero-order valence-electron chi connectivity index (χ0n) is 10.7. The molecular weight excluding hydrogens is 304 g/mol. The van der Waals surface area contributed by atoms with Crippen LogP contribution in [0.4, 0.5) is 0 Å². The Morgan fingerprint density at radius 2 is 2.00 bits per heavy atom. The summed E-state index contributed by atoms with van der Waals surface area (Å²) in [6, 6.07) is 8.05. The summed E-state index contributed by atoms with van der Waals surface area (Å²) in [7, 11) is 0. The number of benzene rings is 1. The lowest BCUT2D eigenvalue weighted by molar-refractivity contribution is 0.421. The van der Waals surface area contributed by atoms with Gasteiger partial charge in [0.05, 0.1) is 5.52 Å². The fourth-order valence-corrected chi connectivity index (χ4v) is 2.71. The summed E-state index contributed by atoms with van der Waals surface area (Å²) in [6.07, 6.45) is 3.54. The molecule has 0 aliphatic heterocycles. The quantitative estimate of drug-likeness (QED) is 0.683. The third-order valence-corrected chi connectivity index (χ3v) is 3.79. The van der Waals surface area contributed by atoms with Crippen LogP contribution in [0.2, 0.25) is 0 Å². The molecule has 0 radical (unpaired) electrons. The first-order chi connectivity index (χ1) is 9.18. The monoisotopic (exact) mass is 316 g/mol. The van der Waals surface area contributed by atoms with Gasteiger partial charge in [-0.2, -0.15) is 0 Å². The van der Waals surface area contributed by atoms with Crippen LogP contribution in [0, 0.1) is 0 Å². The van der Waals surface area contributed by atoms with Gasteiger partial charge in [0, 0.05) is 27.2 Å². The zero-order valence-corrected chi connectivity index (χ0v) is 12.3. The van der Waals surface area contributed by atoms with Crippen molar-refractivity contribution in [1.29, 1.82) is 0 Å². The molecule has 0 unspecified atom stereocenters. The van der Waals surface area contributed by atoms with E-state index in [2.05, 4.69) is 46.0 Å². The topological polar surface area (TPSA) is 38.9 Å². The van der Waals surface area contributed by atoms with E-state index in [1.165, 1.54) is 0 Å². The van der Waals surface area contributed by atoms with Crippen LogP contribution in [0.5, 0.6) is 0 Å². The maximum Gasteiger partial charge on any atom is 0.127 e. The lowest BCUT2D eigenvalue weighted by atomic mass is 9.98. The molecule has 0 bridgehead atoms. The van der Waals surface area contributed by atoms with Crippen molar-refractivity contribution >= 4 is 26.8 Å². The van der Waals surface area contributed by atoms with Crippen molar-refractivity contribution < 1.29 is 4.52 Å². The summed E-state index contributed by atoms with van der Waals surface area (Å²) in [5.41, 5.74) is 4.00. The average molecular weight is 317 g/mol. The molecule has 0 saturated heterocycles. The number of halogens is 1. The van der Waals surface area contributed by atoms with Crippen molar-refractivity contribution in [2.24, 2.45) is 0 Å². The van der Waals surface area contributed by atoms with Gasteiger partial charge >= 0.3 is 0 Å². The second kappa shape index (κ2) is 4.78. The van der Waals surface area contributed by atoms with Crippen LogP contribution < -0.4 is 0 Å². The van der Waals surface area contributed by atoms with Crippen molar-refractivity contribution in [1.82, 2.24) is 10.1 Å². The van der Waals surface area contributed by atoms with Crippen molar-refractivity contribution in [2.75, 3.05) is 0 Å². The number of pyridine rings is 1. The van der Waals surface area contributed by atoms with Crippen molar-refractivity contribution in [3.63, 3.8) is 0 Å². The van der Waals surface area contributed by atoms with Gasteiger partial charge in [-0.25, -0.2) is 0 Å². The minimum Gasteiger partial charge on any atom is -0.364 e. The van der Waals surface area contributed by atoms with Gasteiger partial charge in [-0.1, -0.05) is 37.2 Å². The molecule has 0 N–H and O–H groups in total. The van der Waals surface area contributed by atoms with Gasteiger partial charge in [0.1, 0.15) is 12.0 Å². The summed E-state index contributed by atoms with van der Waals surface area (Å²) in [5.74, 6) is 0.361. The SMILES string of the molecule is CC(C)c1conc1-c1c(Br)cnc2ccccc12. The Hall–Kier alpha value is -1.68. The molecule has 3 aromatic rings. The molecule has 0 spiro atoms. The molecule has 3 rings (SSSR count). The van der Waals surface area contributed by atoms with Crippen molar-refractivity contribution in [3.8, 4) is 11.3 Å². The number of fused-ring (bicyclic) bond motifs is 1. The Kier molecular flexibility index (Phi) is 3.11. The Labute approximate surface area is 119 Å². The molecule has 2 aromatic heterocycles. The number of hydrogen-bond acceptors (Lipinski definition) is 3. The van der Waals surface area contributed by atoms with E-state index in [-0.39, 0.29) is 0 Å². The minimum absolute atomic E-state index is 0.361. The van der Waals surface area contributed by atoms with E-state index in [0.717, 1.165) is 32.2 Å². The summed E-state index contributed by atoms with van der Waals surface area (Å²) in [6.45, 7) is 4.26. The first kappa shape index (κ1) is 12.4. The van der Waals surface area contributed by atoms with Gasteiger partial charge < -0.3 is 4.52 Å². The van der Waals surface area contributed by atoms with Crippen LogP contribution in [0.15, 0.2) is 45.7 Å². The normalized spacial score (nSPS) is 11.4. The van der Waals surface area contributed by atoms with Gasteiger partial charge in [0.15, 0.2) is 0 Å². The van der Waals surface area contributed by atoms with E-state index in [9.17, 15) is 0 Å². The molecule has 19 heavy (non-hydrogen) atoms. The summed E-state index contributed by atoms with van der Waals surface area (Å²) in [5, 5.41) is 5.26. The van der Waals surface area contributed by atoms with E-state index >= 15 is 0 Å². The number of aromatic nitrogens is 2. The first-order valence-electron chi connectivity index (χ1n) is 6.16. The van der Waals surface area contributed by atoms with E-state index in [1.807, 2.05) is 24.4 Å². The fraction of sp³-hybridized carbons (Fsp3) is 0.200. The van der Waals surface area contributed by atoms with Crippen LogP contribution in [-0.2, 0) is 0 Å². The molecule has 0 amide bonds. The molecule has 0 saturated carbocycles. The van der Waals surface area contributed by atoms with Crippen molar-refractivity contribution in [2.45, 2.75) is 19.8 Å². The highest BCUT2D eigenvalue weighted by Crippen LogP contribution is 2.37. The fourth-order valence-electron chi connectivity index (χ4n) is 2.20. The van der Waals surface area contributed by atoms with Gasteiger partial charge in [-0.3, -0.25) is 4.98 Å². The Morgan fingerprint density at radius 3 is 2.79 bits per heavy atom. The van der Waals surface area contributed by atoms with Crippen LogP contribution in [0.3, 0.4) is 0 Å². The highest BCUT2D eigenvalue weighted by molar-refractivity contribution is 9.10. The number of para-hydroxylation sites is 1. The van der Waals surface area contributed by atoms with Gasteiger partial charge in [0.25, 0.3) is 0 Å². The number of rotatable bonds is 2. The van der Waals surface area contributed by atoms with Gasteiger partial charge in [0.2, 0.25) is 0 Å². The Bertz CT molecular complexity index is 734. The summed E-state index contributed by atoms with van der Waals surface area (Å²) < 4.78 is 6.11. The molecule has 3 nitrogen and oxygen atoms in total. The third kappa shape index (κ3) is 2.06. The lowest BCUT2D eigenvalue weighted by Crippen LogP contribution is -1.92. The molecule has 0 aliphatic carbocycles. The minimum atomic E-state index is 0.361. The molecule has 0 atom stereocenters. The zero-order chi connectivity index (χ0) is 13.4. The largest absolute Gasteiger partial charge is 0.364 e. The number of nitrogens with zero attached hydrogens (tertiary/aromatic N) is 2. The Balaban J connectivity index is 2.35. The summed E-state index contributed by atoms with van der Waals surface area (Å²) >= 11 is 3.58. The smallest absolute Gasteiger partial charge is 0.127 e. The molecule has 4 heteroatoms. The summed E-state index contributed by atoms with van der Waals surface area (Å²) in [4.78, 5) is 4.42. The number of hydrogen-bond donors (Lipinski definition) is 0. The second-order valence-electron chi connectivity index (χ2n) is 4.77. The van der Waals surface area contributed by atoms with Crippen LogP contribution in [0.25, 0.3) is 22.2 Å². The second-order valence-corrected chi connectivity index (χ2v) is 5.63. The van der Waals surface area contributed by atoms with Crippen molar-refractivity contribution in [3.05, 3.63) is 46.8 Å². The van der Waals surface area contributed by atoms with E-state index in [0.29, 0.717) is 5.92 Å². The molecule has 1 aromatic carbocycles. The van der Waals surface area contributed by atoms with Gasteiger partial charge in [-0.05, 0) is 27.9 Å². The molecule has 0 aliphatic rings. The predicted octanol–water partition coefficient (Wildman–Crippen LogP) is 4.78. The highest BCUT2D eigenvalue weighted by atomic mass is 79.9. The highest BCUT2D eigenvalue weighted by Gasteiger charge is 2.18. The van der Waals surface area contributed by atoms with Crippen LogP contribution >= 0.6 is 15.9 Å². The molecular formula is C15H13BrN2O. The van der Waals surface area contributed by atoms with Gasteiger partial charge in [-0.15, -0.1) is 0 Å². The Morgan fingerprint density at radius 1 is 1.21 bits per heavy atom. The molecule has 0 fully saturated rings. The van der Waals surface area contributed by atoms with Crippen LogP contribution in [0.1, 0.15) is 25.3 Å². The third-order valence-electron chi connectivity index (χ3n) is 3.19. The molecule has 96 valence electrons. The molecule has 2 heterocycles. The lowest BCUT2D eigenvalue weighted by Gasteiger charge is -2.09. The average Bonchev–Trinajstić information content (AvgIpc) is 2.87. The standard InChI is InChI=1S/C15H13BrN2O/c1-9(2)11-8-19-18-15(11)14-10-5-3-4-6-13(10)17-7-12(14)16/h3-9H,1-2H3. The maximum absolute atomic E-state index is 5.17.